The SMILES string of the molecule is COc1ccc(C2=CN(C(=O)C3COC(C)(C)O3)C[C@@]2(C)[C@@H](C)O)cc1OC1CN(c2cc(C#N)c(C)cn2)C1. The summed E-state index contributed by atoms with van der Waals surface area (Å²) in [4.78, 5) is 21.4. The summed E-state index contributed by atoms with van der Waals surface area (Å²) in [7, 11) is 1.59. The van der Waals surface area contributed by atoms with Gasteiger partial charge in [-0.05, 0) is 62.6 Å². The average Bonchev–Trinajstić information content (AvgIpc) is 3.46. The molecule has 5 rings (SSSR count). The highest BCUT2D eigenvalue weighted by molar-refractivity contribution is 5.87. The Morgan fingerprint density at radius 3 is 2.62 bits per heavy atom. The minimum Gasteiger partial charge on any atom is -0.493 e. The van der Waals surface area contributed by atoms with Crippen molar-refractivity contribution in [2.75, 3.05) is 38.3 Å². The van der Waals surface area contributed by atoms with Crippen LogP contribution in [-0.2, 0) is 14.3 Å². The normalized spacial score (nSPS) is 24.8. The molecule has 3 aliphatic heterocycles. The quantitative estimate of drug-likeness (QED) is 0.556. The third-order valence-electron chi connectivity index (χ3n) is 8.04. The number of nitrogens with zero attached hydrogens (tertiary/aromatic N) is 4. The smallest absolute Gasteiger partial charge is 0.258 e. The molecule has 1 amide bonds. The predicted octanol–water partition coefficient (Wildman–Crippen LogP) is 3.26. The Bertz CT molecular complexity index is 1380. The van der Waals surface area contributed by atoms with E-state index in [2.05, 4.69) is 16.0 Å². The third kappa shape index (κ3) is 5.12. The monoisotopic (exact) mass is 548 g/mol. The van der Waals surface area contributed by atoms with Crippen molar-refractivity contribution in [3.05, 3.63) is 53.4 Å². The van der Waals surface area contributed by atoms with Gasteiger partial charge in [-0.15, -0.1) is 0 Å². The lowest BCUT2D eigenvalue weighted by atomic mass is 9.76. The fourth-order valence-corrected chi connectivity index (χ4v) is 5.31. The molecule has 10 nitrogen and oxygen atoms in total. The Kier molecular flexibility index (Phi) is 7.25. The standard InChI is InChI=1S/C30H36N4O6/c1-18-12-32-27(10-21(18)11-31)33-13-22(14-33)39-25-9-20(7-8-24(25)37-6)23-15-34(17-30(23,5)19(2)35)28(36)26-16-38-29(3,4)40-26/h7-10,12,15,19,22,26,35H,13-14,16-17H2,1-6H3/t19-,26?,30+/m1/s1. The minimum absolute atomic E-state index is 0.0977. The number of aliphatic hydroxyl groups is 1. The van der Waals surface area contributed by atoms with Crippen molar-refractivity contribution in [1.29, 1.82) is 5.26 Å². The lowest BCUT2D eigenvalue weighted by molar-refractivity contribution is -0.158. The van der Waals surface area contributed by atoms with Gasteiger partial charge in [0.05, 0.1) is 44.5 Å². The Hall–Kier alpha value is -3.65. The highest BCUT2D eigenvalue weighted by Crippen LogP contribution is 2.46. The zero-order valence-corrected chi connectivity index (χ0v) is 23.8. The summed E-state index contributed by atoms with van der Waals surface area (Å²) in [5, 5.41) is 20.2. The second kappa shape index (κ2) is 10.4. The number of ether oxygens (including phenoxy) is 4. The number of benzene rings is 1. The molecule has 0 spiro atoms. The Morgan fingerprint density at radius 1 is 1.25 bits per heavy atom. The Morgan fingerprint density at radius 2 is 2.00 bits per heavy atom. The molecule has 4 heterocycles. The first kappa shape index (κ1) is 27.9. The number of nitriles is 1. The number of amides is 1. The number of aryl methyl sites for hydroxylation is 1. The molecule has 0 aliphatic carbocycles. The van der Waals surface area contributed by atoms with Crippen LogP contribution in [0.15, 0.2) is 36.7 Å². The van der Waals surface area contributed by atoms with Crippen LogP contribution in [0.25, 0.3) is 5.57 Å². The third-order valence-corrected chi connectivity index (χ3v) is 8.04. The molecule has 1 N–H and O–H groups in total. The van der Waals surface area contributed by atoms with E-state index in [0.717, 1.165) is 22.5 Å². The van der Waals surface area contributed by atoms with E-state index in [0.29, 0.717) is 36.7 Å². The Labute approximate surface area is 234 Å². The van der Waals surface area contributed by atoms with Gasteiger partial charge in [-0.25, -0.2) is 4.98 Å². The second-order valence-corrected chi connectivity index (χ2v) is 11.4. The number of anilines is 1. The molecule has 212 valence electrons. The number of methoxy groups -OCH3 is 1. The van der Waals surface area contributed by atoms with Gasteiger partial charge >= 0.3 is 0 Å². The van der Waals surface area contributed by atoms with E-state index in [-0.39, 0.29) is 18.6 Å². The summed E-state index contributed by atoms with van der Waals surface area (Å²) >= 11 is 0. The van der Waals surface area contributed by atoms with E-state index < -0.39 is 23.4 Å². The number of hydrogen-bond donors (Lipinski definition) is 1. The number of carbonyl (C=O) groups is 1. The fraction of sp³-hybridized carbons (Fsp3) is 0.500. The largest absolute Gasteiger partial charge is 0.493 e. The number of aromatic nitrogens is 1. The van der Waals surface area contributed by atoms with Crippen LogP contribution in [0.1, 0.15) is 44.4 Å². The van der Waals surface area contributed by atoms with Crippen LogP contribution in [0.3, 0.4) is 0 Å². The zero-order valence-electron chi connectivity index (χ0n) is 23.8. The molecule has 0 saturated carbocycles. The van der Waals surface area contributed by atoms with Crippen LogP contribution in [0, 0.1) is 23.7 Å². The summed E-state index contributed by atoms with van der Waals surface area (Å²) in [6.07, 6.45) is 1.99. The van der Waals surface area contributed by atoms with Crippen LogP contribution in [0.5, 0.6) is 11.5 Å². The number of aliphatic hydroxyl groups excluding tert-OH is 1. The lowest BCUT2D eigenvalue weighted by Gasteiger charge is -2.40. The number of hydrogen-bond acceptors (Lipinski definition) is 9. The van der Waals surface area contributed by atoms with Crippen LogP contribution in [0.4, 0.5) is 5.82 Å². The number of rotatable bonds is 7. The van der Waals surface area contributed by atoms with Gasteiger partial charge in [-0.3, -0.25) is 4.79 Å². The van der Waals surface area contributed by atoms with Gasteiger partial charge in [0.15, 0.2) is 23.4 Å². The molecule has 3 aliphatic rings. The first-order valence-electron chi connectivity index (χ1n) is 13.4. The number of carbonyl (C=O) groups excluding carboxylic acids is 1. The summed E-state index contributed by atoms with van der Waals surface area (Å²) in [6, 6.07) is 9.66. The topological polar surface area (TPSA) is 117 Å². The highest BCUT2D eigenvalue weighted by Gasteiger charge is 2.46. The average molecular weight is 549 g/mol. The maximum absolute atomic E-state index is 13.3. The van der Waals surface area contributed by atoms with Gasteiger partial charge in [0.2, 0.25) is 0 Å². The fourth-order valence-electron chi connectivity index (χ4n) is 5.31. The van der Waals surface area contributed by atoms with Crippen LogP contribution in [0.2, 0.25) is 0 Å². The van der Waals surface area contributed by atoms with Gasteiger partial charge in [0.25, 0.3) is 5.91 Å². The molecule has 2 fully saturated rings. The van der Waals surface area contributed by atoms with E-state index in [4.69, 9.17) is 18.9 Å². The van der Waals surface area contributed by atoms with Crippen molar-refractivity contribution in [2.24, 2.45) is 5.41 Å². The summed E-state index contributed by atoms with van der Waals surface area (Å²) < 4.78 is 23.3. The molecule has 0 bridgehead atoms. The summed E-state index contributed by atoms with van der Waals surface area (Å²) in [6.45, 7) is 10.9. The molecular weight excluding hydrogens is 512 g/mol. The predicted molar refractivity (Wildman–Crippen MR) is 148 cm³/mol. The Balaban J connectivity index is 1.36. The first-order chi connectivity index (χ1) is 18.9. The molecule has 2 aromatic rings. The molecular formula is C30H36N4O6. The van der Waals surface area contributed by atoms with Crippen molar-refractivity contribution in [3.63, 3.8) is 0 Å². The van der Waals surface area contributed by atoms with Gasteiger partial charge < -0.3 is 33.9 Å². The molecule has 0 radical (unpaired) electrons. The van der Waals surface area contributed by atoms with Crippen molar-refractivity contribution in [1.82, 2.24) is 9.88 Å². The second-order valence-electron chi connectivity index (χ2n) is 11.4. The zero-order chi connectivity index (χ0) is 28.8. The molecule has 1 aromatic heterocycles. The van der Waals surface area contributed by atoms with Crippen molar-refractivity contribution >= 4 is 17.3 Å². The molecule has 10 heteroatoms. The van der Waals surface area contributed by atoms with Crippen molar-refractivity contribution < 1.29 is 28.8 Å². The maximum Gasteiger partial charge on any atom is 0.258 e. The van der Waals surface area contributed by atoms with Gasteiger partial charge in [0.1, 0.15) is 11.9 Å². The van der Waals surface area contributed by atoms with Crippen LogP contribution < -0.4 is 14.4 Å². The van der Waals surface area contributed by atoms with E-state index in [9.17, 15) is 15.2 Å². The van der Waals surface area contributed by atoms with Gasteiger partial charge in [0, 0.05) is 24.4 Å². The van der Waals surface area contributed by atoms with Crippen LogP contribution in [-0.4, -0.2) is 78.3 Å². The molecule has 40 heavy (non-hydrogen) atoms. The maximum atomic E-state index is 13.3. The van der Waals surface area contributed by atoms with Gasteiger partial charge in [-0.1, -0.05) is 13.0 Å². The number of pyridine rings is 1. The van der Waals surface area contributed by atoms with Crippen LogP contribution >= 0.6 is 0 Å². The summed E-state index contributed by atoms with van der Waals surface area (Å²) in [5.41, 5.74) is 2.40. The first-order valence-corrected chi connectivity index (χ1v) is 13.4. The van der Waals surface area contributed by atoms with Gasteiger partial charge in [-0.2, -0.15) is 5.26 Å². The minimum atomic E-state index is -0.812. The van der Waals surface area contributed by atoms with Crippen molar-refractivity contribution in [3.8, 4) is 17.6 Å². The highest BCUT2D eigenvalue weighted by atomic mass is 16.7. The molecule has 1 aromatic carbocycles. The molecule has 3 atom stereocenters. The molecule has 1 unspecified atom stereocenters. The van der Waals surface area contributed by atoms with Crippen molar-refractivity contribution in [2.45, 2.75) is 58.7 Å². The lowest BCUT2D eigenvalue weighted by Crippen LogP contribution is -2.54. The summed E-state index contributed by atoms with van der Waals surface area (Å²) in [5.74, 6) is 0.902. The van der Waals surface area contributed by atoms with E-state index in [1.54, 1.807) is 51.2 Å². The van der Waals surface area contributed by atoms with E-state index in [1.807, 2.05) is 32.0 Å². The van der Waals surface area contributed by atoms with E-state index in [1.165, 1.54) is 0 Å². The van der Waals surface area contributed by atoms with E-state index >= 15 is 0 Å². The molecule has 2 saturated heterocycles.